The highest BCUT2D eigenvalue weighted by Gasteiger charge is 2.29. The average Bonchev–Trinajstić information content (AvgIpc) is 2.43. The first-order valence-electron chi connectivity index (χ1n) is 6.82. The number of nitrogens with zero attached hydrogens (tertiary/aromatic N) is 1. The van der Waals surface area contributed by atoms with Gasteiger partial charge in [0.1, 0.15) is 6.04 Å². The van der Waals surface area contributed by atoms with Crippen LogP contribution in [0.1, 0.15) is 27.2 Å². The molecule has 1 rings (SSSR count). The number of amides is 1. The Morgan fingerprint density at radius 1 is 1.32 bits per heavy atom. The van der Waals surface area contributed by atoms with Crippen molar-refractivity contribution in [3.05, 3.63) is 0 Å². The Balaban J connectivity index is 2.57. The zero-order valence-corrected chi connectivity index (χ0v) is 11.9. The van der Waals surface area contributed by atoms with Crippen LogP contribution in [-0.4, -0.2) is 60.3 Å². The lowest BCUT2D eigenvalue weighted by Crippen LogP contribution is -2.54. The van der Waals surface area contributed by atoms with E-state index < -0.39 is 12.0 Å². The van der Waals surface area contributed by atoms with Crippen LogP contribution in [0.2, 0.25) is 0 Å². The predicted octanol–water partition coefficient (Wildman–Crippen LogP) is 0.323. The zero-order chi connectivity index (χ0) is 14.4. The van der Waals surface area contributed by atoms with Gasteiger partial charge in [0.05, 0.1) is 19.3 Å². The number of carbonyl (C=O) groups excluding carboxylic acids is 1. The number of hydrogen-bond acceptors (Lipinski definition) is 4. The number of morpholine rings is 1. The minimum absolute atomic E-state index is 0.0849. The van der Waals surface area contributed by atoms with Crippen LogP contribution in [0.15, 0.2) is 0 Å². The van der Waals surface area contributed by atoms with E-state index in [1.54, 1.807) is 6.92 Å². The van der Waals surface area contributed by atoms with Crippen molar-refractivity contribution in [2.75, 3.05) is 26.3 Å². The van der Waals surface area contributed by atoms with Gasteiger partial charge in [0.15, 0.2) is 0 Å². The molecule has 1 heterocycles. The molecule has 1 saturated heterocycles. The summed E-state index contributed by atoms with van der Waals surface area (Å²) >= 11 is 0. The molecule has 0 spiro atoms. The van der Waals surface area contributed by atoms with Crippen molar-refractivity contribution in [3.8, 4) is 0 Å². The Kier molecular flexibility index (Phi) is 6.24. The Labute approximate surface area is 114 Å². The highest BCUT2D eigenvalue weighted by atomic mass is 16.5. The van der Waals surface area contributed by atoms with E-state index in [2.05, 4.69) is 5.32 Å². The predicted molar refractivity (Wildman–Crippen MR) is 70.9 cm³/mol. The second-order valence-electron chi connectivity index (χ2n) is 5.03. The molecule has 1 amide bonds. The van der Waals surface area contributed by atoms with Crippen LogP contribution in [0.3, 0.4) is 0 Å². The number of carbonyl (C=O) groups is 2. The molecule has 0 bridgehead atoms. The van der Waals surface area contributed by atoms with Gasteiger partial charge in [-0.15, -0.1) is 0 Å². The molecule has 2 N–H and O–H groups in total. The minimum atomic E-state index is -0.975. The summed E-state index contributed by atoms with van der Waals surface area (Å²) in [6.45, 7) is 8.19. The Bertz CT molecular complexity index is 316. The molecule has 3 atom stereocenters. The molecule has 1 unspecified atom stereocenters. The summed E-state index contributed by atoms with van der Waals surface area (Å²) in [6, 6.07) is -1.14. The third-order valence-electron chi connectivity index (χ3n) is 3.75. The first kappa shape index (κ1) is 15.9. The normalized spacial score (nSPS) is 21.4. The van der Waals surface area contributed by atoms with Crippen LogP contribution >= 0.6 is 0 Å². The summed E-state index contributed by atoms with van der Waals surface area (Å²) in [6.07, 6.45) is 0.711. The molecule has 0 aromatic rings. The molecular formula is C13H24N2O4. The van der Waals surface area contributed by atoms with E-state index in [1.807, 2.05) is 18.7 Å². The lowest BCUT2D eigenvalue weighted by molar-refractivity contribution is -0.144. The minimum Gasteiger partial charge on any atom is -0.480 e. The van der Waals surface area contributed by atoms with Gasteiger partial charge in [-0.2, -0.15) is 0 Å². The summed E-state index contributed by atoms with van der Waals surface area (Å²) in [4.78, 5) is 25.3. The number of nitrogens with one attached hydrogen (secondary N) is 1. The number of carboxylic acids is 1. The molecule has 6 nitrogen and oxygen atoms in total. The molecule has 0 saturated carbocycles. The molecular weight excluding hydrogens is 248 g/mol. The van der Waals surface area contributed by atoms with Crippen molar-refractivity contribution in [3.63, 3.8) is 0 Å². The first-order valence-corrected chi connectivity index (χ1v) is 6.82. The van der Waals surface area contributed by atoms with Crippen molar-refractivity contribution < 1.29 is 19.4 Å². The van der Waals surface area contributed by atoms with Crippen molar-refractivity contribution in [2.45, 2.75) is 39.3 Å². The second kappa shape index (κ2) is 7.45. The Hall–Kier alpha value is -1.14. The third kappa shape index (κ3) is 4.47. The number of rotatable bonds is 6. The van der Waals surface area contributed by atoms with Gasteiger partial charge in [-0.05, 0) is 12.8 Å². The summed E-state index contributed by atoms with van der Waals surface area (Å²) in [5.74, 6) is -1.29. The first-order chi connectivity index (χ1) is 8.97. The van der Waals surface area contributed by atoms with Crippen LogP contribution in [0.25, 0.3) is 0 Å². The van der Waals surface area contributed by atoms with E-state index in [4.69, 9.17) is 9.84 Å². The zero-order valence-electron chi connectivity index (χ0n) is 11.9. The quantitative estimate of drug-likeness (QED) is 0.728. The van der Waals surface area contributed by atoms with Crippen molar-refractivity contribution in [2.24, 2.45) is 5.92 Å². The lowest BCUT2D eigenvalue weighted by atomic mass is 9.99. The number of aliphatic carboxylic acids is 1. The van der Waals surface area contributed by atoms with Gasteiger partial charge in [0.25, 0.3) is 0 Å². The molecule has 1 fully saturated rings. The third-order valence-corrected chi connectivity index (χ3v) is 3.75. The van der Waals surface area contributed by atoms with Gasteiger partial charge in [0, 0.05) is 13.1 Å². The standard InChI is InChI=1S/C13H24N2O4/c1-4-9(2)11(13(17)18)14-12(16)10(3)15-5-7-19-8-6-15/h9-11H,4-8H2,1-3H3,(H,14,16)(H,17,18)/t9-,10?,11-/m0/s1. The average molecular weight is 272 g/mol. The summed E-state index contributed by atoms with van der Waals surface area (Å²) in [5.41, 5.74) is 0. The van der Waals surface area contributed by atoms with Crippen molar-refractivity contribution >= 4 is 11.9 Å². The molecule has 110 valence electrons. The highest BCUT2D eigenvalue weighted by molar-refractivity contribution is 5.86. The maximum atomic E-state index is 12.1. The molecule has 0 radical (unpaired) electrons. The molecule has 6 heteroatoms. The fraction of sp³-hybridized carbons (Fsp3) is 0.846. The van der Waals surface area contributed by atoms with Crippen molar-refractivity contribution in [1.29, 1.82) is 0 Å². The van der Waals surface area contributed by atoms with E-state index in [1.165, 1.54) is 0 Å². The molecule has 0 aromatic heterocycles. The maximum absolute atomic E-state index is 12.1. The smallest absolute Gasteiger partial charge is 0.326 e. The van der Waals surface area contributed by atoms with Gasteiger partial charge >= 0.3 is 5.97 Å². The second-order valence-corrected chi connectivity index (χ2v) is 5.03. The number of carboxylic acid groups (broad SMARTS) is 1. The van der Waals surface area contributed by atoms with Gasteiger partial charge in [-0.25, -0.2) is 4.79 Å². The van der Waals surface area contributed by atoms with Crippen molar-refractivity contribution in [1.82, 2.24) is 10.2 Å². The van der Waals surface area contributed by atoms with Crippen LogP contribution < -0.4 is 5.32 Å². The fourth-order valence-electron chi connectivity index (χ4n) is 2.09. The molecule has 19 heavy (non-hydrogen) atoms. The Morgan fingerprint density at radius 2 is 1.89 bits per heavy atom. The topological polar surface area (TPSA) is 78.9 Å². The lowest BCUT2D eigenvalue weighted by Gasteiger charge is -2.32. The SMILES string of the molecule is CC[C@H](C)[C@H](NC(=O)C(C)N1CCOCC1)C(=O)O. The van der Waals surface area contributed by atoms with Gasteiger partial charge < -0.3 is 15.2 Å². The molecule has 0 aromatic carbocycles. The summed E-state index contributed by atoms with van der Waals surface area (Å²) in [5, 5.41) is 11.8. The fourth-order valence-corrected chi connectivity index (χ4v) is 2.09. The molecule has 1 aliphatic heterocycles. The van der Waals surface area contributed by atoms with Crippen LogP contribution in [0.5, 0.6) is 0 Å². The maximum Gasteiger partial charge on any atom is 0.326 e. The van der Waals surface area contributed by atoms with E-state index in [9.17, 15) is 9.59 Å². The summed E-state index contributed by atoms with van der Waals surface area (Å²) in [7, 11) is 0. The Morgan fingerprint density at radius 3 is 2.37 bits per heavy atom. The number of hydrogen-bond donors (Lipinski definition) is 2. The van der Waals surface area contributed by atoms with Crippen LogP contribution in [-0.2, 0) is 14.3 Å². The van der Waals surface area contributed by atoms with Crippen LogP contribution in [0.4, 0.5) is 0 Å². The molecule has 1 aliphatic rings. The monoisotopic (exact) mass is 272 g/mol. The van der Waals surface area contributed by atoms with Gasteiger partial charge in [0.2, 0.25) is 5.91 Å². The molecule has 0 aliphatic carbocycles. The number of ether oxygens (including phenoxy) is 1. The van der Waals surface area contributed by atoms with Gasteiger partial charge in [-0.1, -0.05) is 20.3 Å². The van der Waals surface area contributed by atoms with E-state index in [0.29, 0.717) is 32.7 Å². The van der Waals surface area contributed by atoms with E-state index in [0.717, 1.165) is 0 Å². The van der Waals surface area contributed by atoms with Crippen LogP contribution in [0, 0.1) is 5.92 Å². The largest absolute Gasteiger partial charge is 0.480 e. The summed E-state index contributed by atoms with van der Waals surface area (Å²) < 4.78 is 5.24. The van der Waals surface area contributed by atoms with Gasteiger partial charge in [-0.3, -0.25) is 9.69 Å². The van der Waals surface area contributed by atoms with E-state index >= 15 is 0 Å². The van der Waals surface area contributed by atoms with E-state index in [-0.39, 0.29) is 17.9 Å². The highest BCUT2D eigenvalue weighted by Crippen LogP contribution is 2.10.